The summed E-state index contributed by atoms with van der Waals surface area (Å²) in [5.74, 6) is -0.0331. The molecule has 0 aliphatic rings. The molecule has 10 heteroatoms. The van der Waals surface area contributed by atoms with Crippen LogP contribution in [-0.4, -0.2) is 57.6 Å². The Morgan fingerprint density at radius 3 is 2.34 bits per heavy atom. The number of halogens is 1. The zero-order chi connectivity index (χ0) is 26.2. The first-order valence-corrected chi connectivity index (χ1v) is 13.6. The molecular formula is C25H34ClN3O5S. The van der Waals surface area contributed by atoms with E-state index in [4.69, 9.17) is 16.3 Å². The van der Waals surface area contributed by atoms with Crippen molar-refractivity contribution in [2.45, 2.75) is 46.2 Å². The number of aryl methyl sites for hydroxylation is 1. The van der Waals surface area contributed by atoms with E-state index in [9.17, 15) is 18.0 Å². The molecule has 35 heavy (non-hydrogen) atoms. The van der Waals surface area contributed by atoms with Gasteiger partial charge in [0, 0.05) is 26.1 Å². The van der Waals surface area contributed by atoms with Gasteiger partial charge in [0.05, 0.1) is 24.1 Å². The standard InChI is InChI=1S/C25H34ClN3O5S/c1-6-27-25(31)19(3)28(17-20-11-9-18(2)10-12-20)24(30)8-7-15-29(35(5,32)33)21-13-14-23(34-4)22(26)16-21/h9-14,16,19H,6-8,15,17H2,1-5H3,(H,27,31)/t19-/m1/s1. The third-order valence-corrected chi connectivity index (χ3v) is 7.06. The Kier molecular flexibility index (Phi) is 10.4. The molecule has 1 N–H and O–H groups in total. The minimum atomic E-state index is -3.62. The Bertz CT molecular complexity index is 1120. The van der Waals surface area contributed by atoms with E-state index in [1.54, 1.807) is 19.1 Å². The molecule has 0 unspecified atom stereocenters. The maximum absolute atomic E-state index is 13.2. The number of likely N-dealkylation sites (N-methyl/N-ethyl adjacent to an activating group) is 1. The fourth-order valence-corrected chi connectivity index (χ4v) is 4.82. The van der Waals surface area contributed by atoms with E-state index >= 15 is 0 Å². The lowest BCUT2D eigenvalue weighted by atomic mass is 10.1. The fraction of sp³-hybridized carbons (Fsp3) is 0.440. The molecule has 192 valence electrons. The lowest BCUT2D eigenvalue weighted by Crippen LogP contribution is -2.47. The van der Waals surface area contributed by atoms with Crippen molar-refractivity contribution in [2.75, 3.05) is 30.8 Å². The first-order chi connectivity index (χ1) is 16.5. The quantitative estimate of drug-likeness (QED) is 0.457. The molecule has 0 heterocycles. The van der Waals surface area contributed by atoms with E-state index in [0.717, 1.165) is 17.4 Å². The normalized spacial score (nSPS) is 12.1. The molecule has 0 spiro atoms. The summed E-state index contributed by atoms with van der Waals surface area (Å²) < 4.78 is 31.2. The monoisotopic (exact) mass is 523 g/mol. The number of methoxy groups -OCH3 is 1. The number of benzene rings is 2. The van der Waals surface area contributed by atoms with E-state index in [1.807, 2.05) is 38.1 Å². The first-order valence-electron chi connectivity index (χ1n) is 11.4. The summed E-state index contributed by atoms with van der Waals surface area (Å²) in [5.41, 5.74) is 2.39. The predicted octanol–water partition coefficient (Wildman–Crippen LogP) is 3.76. The van der Waals surface area contributed by atoms with Crippen LogP contribution in [0.3, 0.4) is 0 Å². The van der Waals surface area contributed by atoms with Crippen LogP contribution in [0.25, 0.3) is 0 Å². The smallest absolute Gasteiger partial charge is 0.242 e. The van der Waals surface area contributed by atoms with Gasteiger partial charge >= 0.3 is 0 Å². The van der Waals surface area contributed by atoms with Crippen LogP contribution in [0.5, 0.6) is 5.75 Å². The van der Waals surface area contributed by atoms with Gasteiger partial charge in [-0.25, -0.2) is 8.42 Å². The van der Waals surface area contributed by atoms with Crippen LogP contribution in [0, 0.1) is 6.92 Å². The number of anilines is 1. The Hall–Kier alpha value is -2.78. The second-order valence-corrected chi connectivity index (χ2v) is 10.6. The van der Waals surface area contributed by atoms with E-state index < -0.39 is 16.1 Å². The average molecular weight is 524 g/mol. The second-order valence-electron chi connectivity index (χ2n) is 8.34. The van der Waals surface area contributed by atoms with Crippen LogP contribution in [-0.2, 0) is 26.2 Å². The summed E-state index contributed by atoms with van der Waals surface area (Å²) in [6, 6.07) is 11.8. The highest BCUT2D eigenvalue weighted by molar-refractivity contribution is 7.92. The molecule has 2 amide bonds. The summed E-state index contributed by atoms with van der Waals surface area (Å²) in [5, 5.41) is 3.05. The number of sulfonamides is 1. The average Bonchev–Trinajstić information content (AvgIpc) is 2.80. The van der Waals surface area contributed by atoms with Crippen LogP contribution in [0.2, 0.25) is 5.02 Å². The Morgan fingerprint density at radius 2 is 1.80 bits per heavy atom. The number of nitrogens with zero attached hydrogens (tertiary/aromatic N) is 2. The number of amides is 2. The highest BCUT2D eigenvalue weighted by Crippen LogP contribution is 2.30. The summed E-state index contributed by atoms with van der Waals surface area (Å²) in [6.07, 6.45) is 1.45. The molecule has 2 aromatic rings. The third kappa shape index (κ3) is 8.14. The SMILES string of the molecule is CCNC(=O)[C@@H](C)N(Cc1ccc(C)cc1)C(=O)CCCN(c1ccc(OC)c(Cl)c1)S(C)(=O)=O. The van der Waals surface area contributed by atoms with Crippen LogP contribution in [0.1, 0.15) is 37.8 Å². The third-order valence-electron chi connectivity index (χ3n) is 5.57. The number of hydrogen-bond donors (Lipinski definition) is 1. The van der Waals surface area contributed by atoms with Gasteiger partial charge in [0.1, 0.15) is 11.8 Å². The number of rotatable bonds is 12. The van der Waals surface area contributed by atoms with Crippen LogP contribution in [0.15, 0.2) is 42.5 Å². The first kappa shape index (κ1) is 28.5. The maximum atomic E-state index is 13.2. The molecule has 0 aromatic heterocycles. The van der Waals surface area contributed by atoms with Crippen LogP contribution in [0.4, 0.5) is 5.69 Å². The van der Waals surface area contributed by atoms with Gasteiger partial charge in [-0.1, -0.05) is 41.4 Å². The molecule has 1 atom stereocenters. The van der Waals surface area contributed by atoms with E-state index in [1.165, 1.54) is 22.4 Å². The van der Waals surface area contributed by atoms with Crippen molar-refractivity contribution in [2.24, 2.45) is 0 Å². The summed E-state index contributed by atoms with van der Waals surface area (Å²) in [7, 11) is -2.14. The van der Waals surface area contributed by atoms with Gasteiger partial charge in [0.15, 0.2) is 0 Å². The van der Waals surface area contributed by atoms with Crippen molar-refractivity contribution in [3.63, 3.8) is 0 Å². The van der Waals surface area contributed by atoms with E-state index in [2.05, 4.69) is 5.32 Å². The molecular weight excluding hydrogens is 490 g/mol. The van der Waals surface area contributed by atoms with Crippen LogP contribution >= 0.6 is 11.6 Å². The van der Waals surface area contributed by atoms with Crippen molar-refractivity contribution in [3.05, 3.63) is 58.6 Å². The zero-order valence-electron chi connectivity index (χ0n) is 20.9. The van der Waals surface area contributed by atoms with Gasteiger partial charge in [0.25, 0.3) is 0 Å². The van der Waals surface area contributed by atoms with Gasteiger partial charge in [-0.05, 0) is 51.0 Å². The van der Waals surface area contributed by atoms with Crippen LogP contribution < -0.4 is 14.4 Å². The lowest BCUT2D eigenvalue weighted by Gasteiger charge is -2.29. The Labute approximate surface area is 213 Å². The van der Waals surface area contributed by atoms with Gasteiger partial charge in [-0.2, -0.15) is 0 Å². The molecule has 0 aliphatic heterocycles. The van der Waals surface area contributed by atoms with E-state index in [-0.39, 0.29) is 42.8 Å². The van der Waals surface area contributed by atoms with Crippen molar-refractivity contribution in [1.82, 2.24) is 10.2 Å². The number of nitrogens with one attached hydrogen (secondary N) is 1. The Balaban J connectivity index is 2.17. The summed E-state index contributed by atoms with van der Waals surface area (Å²) >= 11 is 6.18. The molecule has 0 bridgehead atoms. The van der Waals surface area contributed by atoms with Crippen molar-refractivity contribution in [3.8, 4) is 5.75 Å². The molecule has 0 saturated heterocycles. The second kappa shape index (κ2) is 12.8. The molecule has 2 aromatic carbocycles. The van der Waals surface area contributed by atoms with Gasteiger partial charge < -0.3 is 15.0 Å². The van der Waals surface area contributed by atoms with Crippen molar-refractivity contribution >= 4 is 39.1 Å². The number of hydrogen-bond acceptors (Lipinski definition) is 5. The topological polar surface area (TPSA) is 96.0 Å². The molecule has 0 fully saturated rings. The fourth-order valence-electron chi connectivity index (χ4n) is 3.61. The number of carbonyl (C=O) groups is 2. The molecule has 8 nitrogen and oxygen atoms in total. The van der Waals surface area contributed by atoms with Gasteiger partial charge in [-0.15, -0.1) is 0 Å². The van der Waals surface area contributed by atoms with Crippen molar-refractivity contribution < 1.29 is 22.7 Å². The summed E-state index contributed by atoms with van der Waals surface area (Å²) in [6.45, 7) is 6.32. The highest BCUT2D eigenvalue weighted by atomic mass is 35.5. The minimum Gasteiger partial charge on any atom is -0.495 e. The van der Waals surface area contributed by atoms with Crippen molar-refractivity contribution in [1.29, 1.82) is 0 Å². The van der Waals surface area contributed by atoms with E-state index in [0.29, 0.717) is 18.0 Å². The minimum absolute atomic E-state index is 0.0749. The largest absolute Gasteiger partial charge is 0.495 e. The molecule has 2 rings (SSSR count). The maximum Gasteiger partial charge on any atom is 0.242 e. The Morgan fingerprint density at radius 1 is 1.14 bits per heavy atom. The predicted molar refractivity (Wildman–Crippen MR) is 139 cm³/mol. The lowest BCUT2D eigenvalue weighted by molar-refractivity contribution is -0.140. The molecule has 0 aliphatic carbocycles. The zero-order valence-corrected chi connectivity index (χ0v) is 22.4. The highest BCUT2D eigenvalue weighted by Gasteiger charge is 2.26. The summed E-state index contributed by atoms with van der Waals surface area (Å²) in [4.78, 5) is 27.2. The van der Waals surface area contributed by atoms with Gasteiger partial charge in [-0.3, -0.25) is 13.9 Å². The number of ether oxygens (including phenoxy) is 1. The molecule has 0 saturated carbocycles. The number of carbonyl (C=O) groups excluding carboxylic acids is 2. The molecule has 0 radical (unpaired) electrons. The van der Waals surface area contributed by atoms with Gasteiger partial charge in [0.2, 0.25) is 21.8 Å².